The van der Waals surface area contributed by atoms with Crippen LogP contribution >= 0.6 is 11.3 Å². The van der Waals surface area contributed by atoms with Crippen molar-refractivity contribution in [3.05, 3.63) is 121 Å². The fourth-order valence-corrected chi connectivity index (χ4v) is 5.66. The van der Waals surface area contributed by atoms with Gasteiger partial charge in [-0.1, -0.05) is 65.9 Å². The average molecular weight is 584 g/mol. The van der Waals surface area contributed by atoms with Crippen LogP contribution in [0.5, 0.6) is 11.5 Å². The molecule has 4 aromatic rings. The van der Waals surface area contributed by atoms with Crippen LogP contribution in [0.15, 0.2) is 94.2 Å². The van der Waals surface area contributed by atoms with E-state index < -0.39 is 24.6 Å². The van der Waals surface area contributed by atoms with E-state index in [1.165, 1.54) is 15.9 Å². The number of aromatic nitrogens is 1. The number of thiazole rings is 1. The molecule has 1 atom stereocenters. The van der Waals surface area contributed by atoms with Gasteiger partial charge in [0.25, 0.3) is 5.56 Å². The van der Waals surface area contributed by atoms with Crippen LogP contribution in [0.1, 0.15) is 36.6 Å². The molecule has 0 saturated carbocycles. The second-order valence-electron chi connectivity index (χ2n) is 9.17. The Balaban J connectivity index is 1.73. The van der Waals surface area contributed by atoms with Crippen molar-refractivity contribution in [2.75, 3.05) is 19.8 Å². The molecule has 0 amide bonds. The molecule has 1 aromatic heterocycles. The van der Waals surface area contributed by atoms with Crippen molar-refractivity contribution in [3.63, 3.8) is 0 Å². The van der Waals surface area contributed by atoms with Crippen molar-refractivity contribution in [1.82, 2.24) is 4.57 Å². The third-order valence-electron chi connectivity index (χ3n) is 6.39. The molecular formula is C32H27N2O7S-. The summed E-state index contributed by atoms with van der Waals surface area (Å²) in [4.78, 5) is 43.6. The minimum absolute atomic E-state index is 0.154. The Morgan fingerprint density at radius 2 is 1.71 bits per heavy atom. The number of hydrogen-bond acceptors (Lipinski definition) is 9. The van der Waals surface area contributed by atoms with Crippen molar-refractivity contribution in [1.29, 1.82) is 0 Å². The summed E-state index contributed by atoms with van der Waals surface area (Å²) in [7, 11) is 0. The molecule has 0 aliphatic carbocycles. The number of aliphatic carboxylic acids is 1. The molecule has 0 radical (unpaired) electrons. The minimum Gasteiger partial charge on any atom is -0.546 e. The molecule has 5 rings (SSSR count). The van der Waals surface area contributed by atoms with Gasteiger partial charge in [-0.05, 0) is 55.3 Å². The monoisotopic (exact) mass is 583 g/mol. The molecule has 0 spiro atoms. The predicted molar refractivity (Wildman–Crippen MR) is 156 cm³/mol. The summed E-state index contributed by atoms with van der Waals surface area (Å²) in [5.74, 6) is -0.913. The summed E-state index contributed by atoms with van der Waals surface area (Å²) in [5.41, 5.74) is 2.37. The molecule has 0 N–H and O–H groups in total. The molecule has 3 aromatic carbocycles. The lowest BCUT2D eigenvalue weighted by atomic mass is 9.93. The van der Waals surface area contributed by atoms with Crippen LogP contribution in [0.3, 0.4) is 0 Å². The van der Waals surface area contributed by atoms with Crippen molar-refractivity contribution in [3.8, 4) is 11.5 Å². The fourth-order valence-electron chi connectivity index (χ4n) is 4.66. The van der Waals surface area contributed by atoms with E-state index in [0.29, 0.717) is 49.8 Å². The highest BCUT2D eigenvalue weighted by Crippen LogP contribution is 2.35. The lowest BCUT2D eigenvalue weighted by Gasteiger charge is -2.26. The molecule has 0 unspecified atom stereocenters. The number of carbonyl (C=O) groups excluding carboxylic acids is 2. The van der Waals surface area contributed by atoms with Gasteiger partial charge in [0.05, 0.1) is 41.0 Å². The summed E-state index contributed by atoms with van der Waals surface area (Å²) in [6.45, 7) is 3.69. The van der Waals surface area contributed by atoms with E-state index >= 15 is 0 Å². The topological polar surface area (TPSA) is 119 Å². The Morgan fingerprint density at radius 1 is 0.952 bits per heavy atom. The van der Waals surface area contributed by atoms with Crippen molar-refractivity contribution < 1.29 is 28.9 Å². The summed E-state index contributed by atoms with van der Waals surface area (Å²) in [6, 6.07) is 22.5. The van der Waals surface area contributed by atoms with Crippen LogP contribution in [0.4, 0.5) is 0 Å². The molecule has 9 nitrogen and oxygen atoms in total. The highest BCUT2D eigenvalue weighted by molar-refractivity contribution is 7.07. The number of ether oxygens (including phenoxy) is 3. The first-order valence-electron chi connectivity index (χ1n) is 13.3. The van der Waals surface area contributed by atoms with Gasteiger partial charge in [0.2, 0.25) is 0 Å². The Hall–Kier alpha value is -4.96. The molecule has 0 fully saturated rings. The van der Waals surface area contributed by atoms with Gasteiger partial charge >= 0.3 is 5.97 Å². The van der Waals surface area contributed by atoms with Crippen LogP contribution < -0.4 is 29.5 Å². The van der Waals surface area contributed by atoms with Gasteiger partial charge in [-0.3, -0.25) is 9.36 Å². The Morgan fingerprint density at radius 3 is 2.40 bits per heavy atom. The van der Waals surface area contributed by atoms with Crippen LogP contribution in [-0.2, 0) is 14.3 Å². The number of nitrogens with zero attached hydrogens (tertiary/aromatic N) is 2. The summed E-state index contributed by atoms with van der Waals surface area (Å²) < 4.78 is 18.2. The van der Waals surface area contributed by atoms with E-state index in [1.807, 2.05) is 49.4 Å². The van der Waals surface area contributed by atoms with Gasteiger partial charge in [0.15, 0.2) is 4.80 Å². The second kappa shape index (κ2) is 12.7. The number of fused-ring (bicyclic) bond motifs is 1. The zero-order valence-electron chi connectivity index (χ0n) is 22.9. The maximum atomic E-state index is 14.0. The molecular weight excluding hydrogens is 556 g/mol. The molecule has 1 aliphatic rings. The lowest BCUT2D eigenvalue weighted by molar-refractivity contribution is -0.307. The Labute approximate surface area is 245 Å². The highest BCUT2D eigenvalue weighted by Gasteiger charge is 2.35. The van der Waals surface area contributed by atoms with E-state index in [2.05, 4.69) is 0 Å². The van der Waals surface area contributed by atoms with E-state index in [9.17, 15) is 19.5 Å². The minimum atomic E-state index is -1.34. The van der Waals surface area contributed by atoms with Crippen LogP contribution in [0.25, 0.3) is 11.8 Å². The van der Waals surface area contributed by atoms with E-state index in [0.717, 1.165) is 0 Å². The Kier molecular flexibility index (Phi) is 8.63. The predicted octanol–water partition coefficient (Wildman–Crippen LogP) is 2.46. The number of carboxylic acid groups (broad SMARTS) is 1. The normalized spacial score (nSPS) is 14.6. The van der Waals surface area contributed by atoms with Gasteiger partial charge in [0, 0.05) is 5.56 Å². The molecule has 0 bridgehead atoms. The summed E-state index contributed by atoms with van der Waals surface area (Å²) in [5, 5.41) is 10.8. The molecule has 214 valence electrons. The maximum absolute atomic E-state index is 14.0. The first kappa shape index (κ1) is 28.6. The van der Waals surface area contributed by atoms with Gasteiger partial charge < -0.3 is 24.1 Å². The Bertz CT molecular complexity index is 1820. The summed E-state index contributed by atoms with van der Waals surface area (Å²) in [6.07, 6.45) is 1.68. The maximum Gasteiger partial charge on any atom is 0.338 e. The van der Waals surface area contributed by atoms with Gasteiger partial charge in [-0.2, -0.15) is 0 Å². The van der Waals surface area contributed by atoms with E-state index in [1.54, 1.807) is 49.4 Å². The molecule has 1 aliphatic heterocycles. The standard InChI is InChI=1S/C32H28N2O7S/c1-3-39-23-15-13-22(14-16-23)29-27(31(38)40-4-2)28(21-10-6-5-7-11-21)33-32-34(29)30(37)25(42-32)18-20-9-8-12-24(17-20)41-19-26(35)36/h5-18,29H,3-4,19H2,1-2H3,(H,35,36)/p-1/t29-/m1/s1. The van der Waals surface area contributed by atoms with Crippen molar-refractivity contribution >= 4 is 35.0 Å². The summed E-state index contributed by atoms with van der Waals surface area (Å²) >= 11 is 1.19. The lowest BCUT2D eigenvalue weighted by Crippen LogP contribution is -2.40. The third kappa shape index (κ3) is 6.03. The quantitative estimate of drug-likeness (QED) is 0.263. The van der Waals surface area contributed by atoms with Crippen LogP contribution in [0, 0.1) is 0 Å². The SMILES string of the molecule is CCOC(=O)C1=C(c2ccccc2)N=c2sc(=Cc3cccc(OCC(=O)[O-])c3)c(=O)n2[C@@H]1c1ccc(OCC)cc1. The number of esters is 1. The molecule has 10 heteroatoms. The van der Waals surface area contributed by atoms with Crippen molar-refractivity contribution in [2.45, 2.75) is 19.9 Å². The fraction of sp³-hybridized carbons (Fsp3) is 0.188. The largest absolute Gasteiger partial charge is 0.546 e. The molecule has 2 heterocycles. The average Bonchev–Trinajstić information content (AvgIpc) is 3.30. The smallest absolute Gasteiger partial charge is 0.338 e. The number of benzene rings is 3. The van der Waals surface area contributed by atoms with E-state index in [-0.39, 0.29) is 17.7 Å². The van der Waals surface area contributed by atoms with Crippen LogP contribution in [0.2, 0.25) is 0 Å². The highest BCUT2D eigenvalue weighted by atomic mass is 32.1. The first-order chi connectivity index (χ1) is 20.4. The van der Waals surface area contributed by atoms with Crippen molar-refractivity contribution in [2.24, 2.45) is 4.99 Å². The second-order valence-corrected chi connectivity index (χ2v) is 10.2. The third-order valence-corrected chi connectivity index (χ3v) is 7.38. The number of carbonyl (C=O) groups is 2. The molecule has 0 saturated heterocycles. The van der Waals surface area contributed by atoms with E-state index in [4.69, 9.17) is 19.2 Å². The zero-order chi connectivity index (χ0) is 29.6. The number of rotatable bonds is 10. The van der Waals surface area contributed by atoms with Gasteiger partial charge in [0.1, 0.15) is 18.1 Å². The van der Waals surface area contributed by atoms with Gasteiger partial charge in [-0.25, -0.2) is 9.79 Å². The zero-order valence-corrected chi connectivity index (χ0v) is 23.8. The van der Waals surface area contributed by atoms with Crippen LogP contribution in [-0.4, -0.2) is 36.3 Å². The number of carboxylic acids is 1. The number of hydrogen-bond donors (Lipinski definition) is 0. The molecule has 42 heavy (non-hydrogen) atoms. The first-order valence-corrected chi connectivity index (χ1v) is 14.1. The van der Waals surface area contributed by atoms with Gasteiger partial charge in [-0.15, -0.1) is 0 Å².